The highest BCUT2D eigenvalue weighted by Crippen LogP contribution is 2.33. The van der Waals surface area contributed by atoms with Crippen molar-refractivity contribution in [2.75, 3.05) is 0 Å². The quantitative estimate of drug-likeness (QED) is 0.318. The molecule has 0 saturated heterocycles. The van der Waals surface area contributed by atoms with Gasteiger partial charge in [-0.2, -0.15) is 5.21 Å². The molecule has 11 heteroatoms. The molecule has 2 aromatic carbocycles. The first kappa shape index (κ1) is 22.9. The molecule has 0 radical (unpaired) electrons. The summed E-state index contributed by atoms with van der Waals surface area (Å²) < 4.78 is 1.18. The van der Waals surface area contributed by atoms with Crippen LogP contribution in [-0.2, 0) is 13.0 Å². The molecule has 1 aliphatic rings. The number of benzene rings is 2. The molecule has 184 valence electrons. The SMILES string of the molecule is Cc1cc2ccc(CNC(=O)c3cc(C(=O)N[C@@H]4CCc5cc(-c6nn[nH]n6)ccc54)ncn3)cc2s1. The molecular weight excluding hydrogens is 488 g/mol. The highest BCUT2D eigenvalue weighted by Gasteiger charge is 2.26. The number of hydrogen-bond acceptors (Lipinski definition) is 8. The molecule has 3 aromatic heterocycles. The summed E-state index contributed by atoms with van der Waals surface area (Å²) in [7, 11) is 0. The molecule has 1 atom stereocenters. The van der Waals surface area contributed by atoms with Gasteiger partial charge in [-0.05, 0) is 65.3 Å². The minimum absolute atomic E-state index is 0.143. The maximum atomic E-state index is 13.0. The minimum Gasteiger partial charge on any atom is -0.347 e. The number of nitrogens with one attached hydrogen (secondary N) is 3. The second-order valence-electron chi connectivity index (χ2n) is 8.91. The highest BCUT2D eigenvalue weighted by atomic mass is 32.1. The van der Waals surface area contributed by atoms with Crippen LogP contribution >= 0.6 is 11.3 Å². The zero-order valence-corrected chi connectivity index (χ0v) is 20.7. The van der Waals surface area contributed by atoms with Gasteiger partial charge in [0.25, 0.3) is 11.8 Å². The van der Waals surface area contributed by atoms with E-state index in [9.17, 15) is 9.59 Å². The van der Waals surface area contributed by atoms with E-state index >= 15 is 0 Å². The lowest BCUT2D eigenvalue weighted by atomic mass is 10.0. The van der Waals surface area contributed by atoms with Gasteiger partial charge in [-0.15, -0.1) is 21.5 Å². The van der Waals surface area contributed by atoms with Gasteiger partial charge >= 0.3 is 0 Å². The van der Waals surface area contributed by atoms with Crippen LogP contribution in [0.2, 0.25) is 0 Å². The second kappa shape index (κ2) is 9.51. The van der Waals surface area contributed by atoms with Crippen molar-refractivity contribution < 1.29 is 9.59 Å². The zero-order valence-electron chi connectivity index (χ0n) is 19.9. The van der Waals surface area contributed by atoms with Crippen molar-refractivity contribution in [2.45, 2.75) is 32.4 Å². The Labute approximate surface area is 215 Å². The lowest BCUT2D eigenvalue weighted by Gasteiger charge is -2.14. The maximum absolute atomic E-state index is 13.0. The molecule has 3 N–H and O–H groups in total. The summed E-state index contributed by atoms with van der Waals surface area (Å²) >= 11 is 1.72. The monoisotopic (exact) mass is 510 g/mol. The Bertz CT molecular complexity index is 1630. The third-order valence-electron chi connectivity index (χ3n) is 6.42. The van der Waals surface area contributed by atoms with E-state index in [1.54, 1.807) is 11.3 Å². The van der Waals surface area contributed by atoms with Crippen LogP contribution in [0.1, 0.15) is 55.0 Å². The van der Waals surface area contributed by atoms with Crippen LogP contribution in [0.15, 0.2) is 54.9 Å². The van der Waals surface area contributed by atoms with Crippen LogP contribution in [0.25, 0.3) is 21.5 Å². The minimum atomic E-state index is -0.362. The fourth-order valence-electron chi connectivity index (χ4n) is 4.62. The molecule has 0 bridgehead atoms. The number of amides is 2. The third kappa shape index (κ3) is 4.68. The number of fused-ring (bicyclic) bond motifs is 2. The van der Waals surface area contributed by atoms with Crippen molar-refractivity contribution in [2.24, 2.45) is 0 Å². The number of aryl methyl sites for hydroxylation is 2. The van der Waals surface area contributed by atoms with Gasteiger partial charge in [-0.25, -0.2) is 9.97 Å². The molecule has 10 nitrogen and oxygen atoms in total. The first-order chi connectivity index (χ1) is 18.0. The van der Waals surface area contributed by atoms with Crippen LogP contribution in [-0.4, -0.2) is 42.4 Å². The lowest BCUT2D eigenvalue weighted by molar-refractivity contribution is 0.0931. The Morgan fingerprint density at radius 1 is 1.05 bits per heavy atom. The van der Waals surface area contributed by atoms with E-state index in [0.717, 1.165) is 35.1 Å². The van der Waals surface area contributed by atoms with Gasteiger partial charge in [0.15, 0.2) is 0 Å². The van der Waals surface area contributed by atoms with Gasteiger partial charge in [0.1, 0.15) is 17.7 Å². The summed E-state index contributed by atoms with van der Waals surface area (Å²) in [4.78, 5) is 35.1. The molecule has 1 aliphatic carbocycles. The average Bonchev–Trinajstić information content (AvgIpc) is 3.66. The predicted octanol–water partition coefficient (Wildman–Crippen LogP) is 3.53. The molecular formula is C26H22N8O2S. The molecule has 37 heavy (non-hydrogen) atoms. The molecule has 0 saturated carbocycles. The van der Waals surface area contributed by atoms with Crippen molar-refractivity contribution in [3.63, 3.8) is 0 Å². The summed E-state index contributed by atoms with van der Waals surface area (Å²) in [6.45, 7) is 2.44. The molecule has 0 aliphatic heterocycles. The van der Waals surface area contributed by atoms with Crippen molar-refractivity contribution in [3.05, 3.63) is 87.8 Å². The van der Waals surface area contributed by atoms with Crippen molar-refractivity contribution in [1.29, 1.82) is 0 Å². The fourth-order valence-corrected chi connectivity index (χ4v) is 5.61. The number of aromatic nitrogens is 6. The number of hydrogen-bond donors (Lipinski definition) is 3. The van der Waals surface area contributed by atoms with Gasteiger partial charge in [-0.1, -0.05) is 24.3 Å². The predicted molar refractivity (Wildman–Crippen MR) is 138 cm³/mol. The Morgan fingerprint density at radius 3 is 2.76 bits per heavy atom. The Balaban J connectivity index is 1.11. The van der Waals surface area contributed by atoms with Gasteiger partial charge in [0.2, 0.25) is 5.82 Å². The Hall–Kier alpha value is -4.51. The van der Waals surface area contributed by atoms with Gasteiger partial charge in [0, 0.05) is 27.8 Å². The van der Waals surface area contributed by atoms with E-state index in [1.165, 1.54) is 27.4 Å². The Morgan fingerprint density at radius 2 is 1.92 bits per heavy atom. The van der Waals surface area contributed by atoms with Crippen LogP contribution in [0, 0.1) is 6.92 Å². The van der Waals surface area contributed by atoms with E-state index in [2.05, 4.69) is 66.3 Å². The number of aromatic amines is 1. The first-order valence-electron chi connectivity index (χ1n) is 11.8. The van der Waals surface area contributed by atoms with Gasteiger partial charge < -0.3 is 10.6 Å². The molecule has 0 spiro atoms. The number of nitrogens with zero attached hydrogens (tertiary/aromatic N) is 5. The zero-order chi connectivity index (χ0) is 25.4. The topological polar surface area (TPSA) is 138 Å². The fraction of sp³-hybridized carbons (Fsp3) is 0.192. The van der Waals surface area contributed by atoms with E-state index in [1.807, 2.05) is 24.3 Å². The van der Waals surface area contributed by atoms with E-state index in [-0.39, 0.29) is 29.2 Å². The Kier molecular flexibility index (Phi) is 5.89. The highest BCUT2D eigenvalue weighted by molar-refractivity contribution is 7.19. The lowest BCUT2D eigenvalue weighted by Crippen LogP contribution is -2.29. The van der Waals surface area contributed by atoms with Crippen LogP contribution in [0.4, 0.5) is 0 Å². The van der Waals surface area contributed by atoms with Crippen molar-refractivity contribution in [1.82, 2.24) is 41.2 Å². The van der Waals surface area contributed by atoms with Crippen molar-refractivity contribution in [3.8, 4) is 11.4 Å². The van der Waals surface area contributed by atoms with Crippen LogP contribution in [0.3, 0.4) is 0 Å². The van der Waals surface area contributed by atoms with Crippen molar-refractivity contribution >= 4 is 33.2 Å². The molecule has 3 heterocycles. The summed E-state index contributed by atoms with van der Waals surface area (Å²) in [5, 5.41) is 21.2. The second-order valence-corrected chi connectivity index (χ2v) is 10.2. The molecule has 0 fully saturated rings. The summed E-state index contributed by atoms with van der Waals surface area (Å²) in [6, 6.07) is 15.5. The smallest absolute Gasteiger partial charge is 0.270 e. The maximum Gasteiger partial charge on any atom is 0.270 e. The summed E-state index contributed by atoms with van der Waals surface area (Å²) in [5.74, 6) is -0.182. The molecule has 6 rings (SSSR count). The largest absolute Gasteiger partial charge is 0.347 e. The van der Waals surface area contributed by atoms with Crippen LogP contribution < -0.4 is 10.6 Å². The van der Waals surface area contributed by atoms with E-state index in [4.69, 9.17) is 0 Å². The van der Waals surface area contributed by atoms with Gasteiger partial charge in [0.05, 0.1) is 6.04 Å². The molecule has 2 amide bonds. The molecule has 0 unspecified atom stereocenters. The number of tetrazole rings is 1. The van der Waals surface area contributed by atoms with Crippen LogP contribution in [0.5, 0.6) is 0 Å². The summed E-state index contributed by atoms with van der Waals surface area (Å²) in [5.41, 5.74) is 4.34. The standard InChI is InChI=1S/C26H22N8O2S/c1-14-8-17-3-2-15(9-23(17)37-14)12-27-25(35)21-11-22(29-13-28-21)26(36)30-20-7-5-16-10-18(4-6-19(16)20)24-31-33-34-32-24/h2-4,6,8-11,13,20H,5,7,12H2,1H3,(H,27,35)(H,30,36)(H,31,32,33,34)/t20-/m1/s1. The van der Waals surface area contributed by atoms with E-state index in [0.29, 0.717) is 12.4 Å². The number of carbonyl (C=O) groups excluding carboxylic acids is 2. The molecule has 5 aromatic rings. The summed E-state index contributed by atoms with van der Waals surface area (Å²) in [6.07, 6.45) is 2.83. The number of carbonyl (C=O) groups is 2. The third-order valence-corrected chi connectivity index (χ3v) is 7.44. The number of H-pyrrole nitrogens is 1. The number of thiophene rings is 1. The average molecular weight is 511 g/mol. The van der Waals surface area contributed by atoms with Gasteiger partial charge in [-0.3, -0.25) is 9.59 Å². The first-order valence-corrected chi connectivity index (χ1v) is 12.6. The van der Waals surface area contributed by atoms with E-state index < -0.39 is 0 Å². The number of rotatable bonds is 6. The normalized spacial score (nSPS) is 14.5.